The lowest BCUT2D eigenvalue weighted by Crippen LogP contribution is -2.16. The van der Waals surface area contributed by atoms with E-state index in [4.69, 9.17) is 11.5 Å². The molecule has 0 aliphatic carbocycles. The van der Waals surface area contributed by atoms with E-state index in [2.05, 4.69) is 24.0 Å². The molecule has 0 aliphatic rings. The summed E-state index contributed by atoms with van der Waals surface area (Å²) in [6, 6.07) is 10.2. The van der Waals surface area contributed by atoms with Crippen LogP contribution < -0.4 is 11.5 Å². The third-order valence-electron chi connectivity index (χ3n) is 3.19. The van der Waals surface area contributed by atoms with E-state index in [0.29, 0.717) is 5.82 Å². The van der Waals surface area contributed by atoms with E-state index < -0.39 is 0 Å². The van der Waals surface area contributed by atoms with E-state index in [1.165, 1.54) is 11.1 Å². The molecule has 4 N–H and O–H groups in total. The van der Waals surface area contributed by atoms with Crippen molar-refractivity contribution in [2.45, 2.75) is 26.3 Å². The molecule has 0 radical (unpaired) electrons. The van der Waals surface area contributed by atoms with E-state index in [1.54, 1.807) is 6.20 Å². The van der Waals surface area contributed by atoms with E-state index >= 15 is 0 Å². The summed E-state index contributed by atoms with van der Waals surface area (Å²) in [5.74, 6) is 0.529. The van der Waals surface area contributed by atoms with Crippen molar-refractivity contribution >= 4 is 5.82 Å². The van der Waals surface area contributed by atoms with Crippen molar-refractivity contribution in [3.63, 3.8) is 0 Å². The topological polar surface area (TPSA) is 64.9 Å². The average Bonchev–Trinajstić information content (AvgIpc) is 2.35. The Morgan fingerprint density at radius 2 is 1.94 bits per heavy atom. The molecule has 18 heavy (non-hydrogen) atoms. The Morgan fingerprint density at radius 1 is 1.22 bits per heavy atom. The van der Waals surface area contributed by atoms with Gasteiger partial charge in [-0.05, 0) is 43.0 Å². The van der Waals surface area contributed by atoms with Crippen LogP contribution in [0.2, 0.25) is 0 Å². The maximum atomic E-state index is 6.25. The minimum Gasteiger partial charge on any atom is -0.383 e. The summed E-state index contributed by atoms with van der Waals surface area (Å²) in [6.45, 7) is 4.09. The molecule has 1 atom stereocenters. The predicted molar refractivity (Wildman–Crippen MR) is 75.2 cm³/mol. The van der Waals surface area contributed by atoms with Crippen molar-refractivity contribution in [1.82, 2.24) is 4.98 Å². The fraction of sp³-hybridized carbons (Fsp3) is 0.267. The van der Waals surface area contributed by atoms with Gasteiger partial charge in [-0.25, -0.2) is 4.98 Å². The fourth-order valence-electron chi connectivity index (χ4n) is 2.09. The zero-order valence-corrected chi connectivity index (χ0v) is 10.9. The van der Waals surface area contributed by atoms with Crippen molar-refractivity contribution in [1.29, 1.82) is 0 Å². The first kappa shape index (κ1) is 12.6. The van der Waals surface area contributed by atoms with Crippen LogP contribution in [0.5, 0.6) is 0 Å². The molecule has 1 heterocycles. The third kappa shape index (κ3) is 2.68. The van der Waals surface area contributed by atoms with Gasteiger partial charge < -0.3 is 11.5 Å². The van der Waals surface area contributed by atoms with Crippen LogP contribution in [-0.4, -0.2) is 4.98 Å². The molecule has 0 spiro atoms. The maximum absolute atomic E-state index is 6.25. The van der Waals surface area contributed by atoms with E-state index in [-0.39, 0.29) is 6.04 Å². The standard InChI is InChI=1S/C15H19N3/c1-10-7-13(15(17)18-9-10)14(16)8-12-6-4-3-5-11(12)2/h3-7,9,14H,8,16H2,1-2H3,(H2,17,18). The van der Waals surface area contributed by atoms with E-state index in [0.717, 1.165) is 17.5 Å². The largest absolute Gasteiger partial charge is 0.383 e. The molecule has 3 heteroatoms. The van der Waals surface area contributed by atoms with Crippen LogP contribution in [0.15, 0.2) is 36.5 Å². The Morgan fingerprint density at radius 3 is 2.67 bits per heavy atom. The van der Waals surface area contributed by atoms with Gasteiger partial charge in [0, 0.05) is 17.8 Å². The van der Waals surface area contributed by atoms with E-state index in [1.807, 2.05) is 25.1 Å². The lowest BCUT2D eigenvalue weighted by Gasteiger charge is -2.15. The number of pyridine rings is 1. The highest BCUT2D eigenvalue weighted by atomic mass is 14.8. The highest BCUT2D eigenvalue weighted by Gasteiger charge is 2.12. The zero-order chi connectivity index (χ0) is 13.1. The lowest BCUT2D eigenvalue weighted by atomic mass is 9.96. The average molecular weight is 241 g/mol. The number of nitrogen functional groups attached to an aromatic ring is 1. The first-order chi connectivity index (χ1) is 8.58. The first-order valence-corrected chi connectivity index (χ1v) is 6.10. The van der Waals surface area contributed by atoms with Crippen LogP contribution >= 0.6 is 0 Å². The molecule has 1 unspecified atom stereocenters. The number of nitrogens with zero attached hydrogens (tertiary/aromatic N) is 1. The van der Waals surface area contributed by atoms with Crippen molar-refractivity contribution in [3.8, 4) is 0 Å². The summed E-state index contributed by atoms with van der Waals surface area (Å²) in [5.41, 5.74) is 16.7. The number of rotatable bonds is 3. The quantitative estimate of drug-likeness (QED) is 0.867. The molecule has 1 aromatic heterocycles. The highest BCUT2D eigenvalue weighted by molar-refractivity contribution is 5.43. The van der Waals surface area contributed by atoms with Gasteiger partial charge in [0.1, 0.15) is 5.82 Å². The number of anilines is 1. The van der Waals surface area contributed by atoms with Crippen LogP contribution in [0.4, 0.5) is 5.82 Å². The van der Waals surface area contributed by atoms with Gasteiger partial charge in [0.2, 0.25) is 0 Å². The molecular formula is C15H19N3. The fourth-order valence-corrected chi connectivity index (χ4v) is 2.09. The van der Waals surface area contributed by atoms with Gasteiger partial charge in [-0.1, -0.05) is 24.3 Å². The molecule has 3 nitrogen and oxygen atoms in total. The molecule has 2 aromatic rings. The summed E-state index contributed by atoms with van der Waals surface area (Å²) < 4.78 is 0. The van der Waals surface area contributed by atoms with Gasteiger partial charge in [-0.15, -0.1) is 0 Å². The minimum absolute atomic E-state index is 0.113. The van der Waals surface area contributed by atoms with Gasteiger partial charge in [0.05, 0.1) is 0 Å². The summed E-state index contributed by atoms with van der Waals surface area (Å²) in [5, 5.41) is 0. The van der Waals surface area contributed by atoms with Crippen LogP contribution in [0.1, 0.15) is 28.3 Å². The number of hydrogen-bond acceptors (Lipinski definition) is 3. The van der Waals surface area contributed by atoms with Crippen LogP contribution in [0.25, 0.3) is 0 Å². The van der Waals surface area contributed by atoms with E-state index in [9.17, 15) is 0 Å². The smallest absolute Gasteiger partial charge is 0.128 e. The van der Waals surface area contributed by atoms with Gasteiger partial charge in [0.15, 0.2) is 0 Å². The summed E-state index contributed by atoms with van der Waals surface area (Å²) >= 11 is 0. The molecule has 2 rings (SSSR count). The Kier molecular flexibility index (Phi) is 3.63. The second-order valence-electron chi connectivity index (χ2n) is 4.72. The van der Waals surface area contributed by atoms with Gasteiger partial charge in [-0.2, -0.15) is 0 Å². The number of hydrogen-bond donors (Lipinski definition) is 2. The second-order valence-corrected chi connectivity index (χ2v) is 4.72. The molecule has 0 saturated carbocycles. The third-order valence-corrected chi connectivity index (χ3v) is 3.19. The zero-order valence-electron chi connectivity index (χ0n) is 10.9. The maximum Gasteiger partial charge on any atom is 0.128 e. The van der Waals surface area contributed by atoms with Crippen LogP contribution in [-0.2, 0) is 6.42 Å². The SMILES string of the molecule is Cc1cnc(N)c(C(N)Cc2ccccc2C)c1. The van der Waals surface area contributed by atoms with Crippen molar-refractivity contribution in [3.05, 3.63) is 58.8 Å². The molecule has 94 valence electrons. The Labute approximate surface area is 108 Å². The van der Waals surface area contributed by atoms with Crippen LogP contribution in [0.3, 0.4) is 0 Å². The van der Waals surface area contributed by atoms with Gasteiger partial charge in [-0.3, -0.25) is 0 Å². The Balaban J connectivity index is 2.25. The van der Waals surface area contributed by atoms with Crippen LogP contribution in [0, 0.1) is 13.8 Å². The molecule has 0 amide bonds. The number of aromatic nitrogens is 1. The number of aryl methyl sites for hydroxylation is 2. The summed E-state index contributed by atoms with van der Waals surface area (Å²) in [7, 11) is 0. The Hall–Kier alpha value is -1.87. The van der Waals surface area contributed by atoms with Crippen molar-refractivity contribution in [2.75, 3.05) is 5.73 Å². The highest BCUT2D eigenvalue weighted by Crippen LogP contribution is 2.22. The van der Waals surface area contributed by atoms with Crippen molar-refractivity contribution in [2.24, 2.45) is 5.73 Å². The molecule has 1 aromatic carbocycles. The molecule has 0 aliphatic heterocycles. The minimum atomic E-state index is -0.113. The normalized spacial score (nSPS) is 12.4. The number of nitrogens with two attached hydrogens (primary N) is 2. The summed E-state index contributed by atoms with van der Waals surface area (Å²) in [6.07, 6.45) is 2.54. The number of benzene rings is 1. The lowest BCUT2D eigenvalue weighted by molar-refractivity contribution is 0.717. The second kappa shape index (κ2) is 5.19. The molecular weight excluding hydrogens is 222 g/mol. The Bertz CT molecular complexity index is 549. The molecule has 0 bridgehead atoms. The van der Waals surface area contributed by atoms with Gasteiger partial charge >= 0.3 is 0 Å². The predicted octanol–water partition coefficient (Wildman–Crippen LogP) is 2.52. The summed E-state index contributed by atoms with van der Waals surface area (Å²) in [4.78, 5) is 4.16. The monoisotopic (exact) mass is 241 g/mol. The van der Waals surface area contributed by atoms with Gasteiger partial charge in [0.25, 0.3) is 0 Å². The first-order valence-electron chi connectivity index (χ1n) is 6.10. The molecule has 0 saturated heterocycles. The van der Waals surface area contributed by atoms with Crippen molar-refractivity contribution < 1.29 is 0 Å². The molecule has 0 fully saturated rings.